The monoisotopic (exact) mass is 289 g/mol. The van der Waals surface area contributed by atoms with Crippen molar-refractivity contribution in [1.82, 2.24) is 10.2 Å². The van der Waals surface area contributed by atoms with E-state index in [2.05, 4.69) is 26.1 Å². The number of anilines is 1. The molecule has 1 heterocycles. The van der Waals surface area contributed by atoms with E-state index < -0.39 is 5.82 Å². The Morgan fingerprint density at radius 1 is 1.47 bits per heavy atom. The summed E-state index contributed by atoms with van der Waals surface area (Å²) < 4.78 is 18.7. The molecule has 2 aromatic rings. The molecule has 15 heavy (non-hydrogen) atoms. The van der Waals surface area contributed by atoms with Crippen molar-refractivity contribution in [1.29, 1.82) is 0 Å². The smallest absolute Gasteiger partial charge is 0.299 e. The van der Waals surface area contributed by atoms with Gasteiger partial charge in [0.05, 0.1) is 10.2 Å². The maximum absolute atomic E-state index is 13.2. The van der Waals surface area contributed by atoms with E-state index in [-0.39, 0.29) is 5.75 Å². The van der Waals surface area contributed by atoms with Crippen molar-refractivity contribution in [3.05, 3.63) is 27.9 Å². The lowest BCUT2D eigenvalue weighted by Crippen LogP contribution is -1.93. The number of hydrogen-bond acceptors (Lipinski definition) is 5. The molecule has 4 nitrogen and oxygen atoms in total. The number of rotatable bonds is 2. The molecule has 0 amide bonds. The van der Waals surface area contributed by atoms with Crippen LogP contribution in [0.5, 0.6) is 10.9 Å². The van der Waals surface area contributed by atoms with Crippen LogP contribution in [-0.4, -0.2) is 10.2 Å². The van der Waals surface area contributed by atoms with Crippen molar-refractivity contribution >= 4 is 33.0 Å². The number of ether oxygens (including phenoxy) is 1. The van der Waals surface area contributed by atoms with E-state index in [0.29, 0.717) is 15.4 Å². The second-order valence-corrected chi connectivity index (χ2v) is 4.26. The molecule has 0 bridgehead atoms. The van der Waals surface area contributed by atoms with Crippen LogP contribution in [0.25, 0.3) is 0 Å². The average Bonchev–Trinajstić information content (AvgIpc) is 2.67. The molecule has 78 valence electrons. The van der Waals surface area contributed by atoms with Crippen LogP contribution in [0.1, 0.15) is 0 Å². The molecule has 0 aliphatic carbocycles. The molecular weight excluding hydrogens is 285 g/mol. The SMILES string of the molecule is Nc1cc(Br)c(F)cc1Oc1nncs1. The van der Waals surface area contributed by atoms with E-state index in [1.807, 2.05) is 0 Å². The molecule has 0 unspecified atom stereocenters. The highest BCUT2D eigenvalue weighted by Crippen LogP contribution is 2.32. The Labute approximate surface area is 97.0 Å². The standard InChI is InChI=1S/C8H5BrFN3OS/c9-4-1-6(11)7(2-5(4)10)14-8-13-12-3-15-8/h1-3H,11H2. The van der Waals surface area contributed by atoms with Gasteiger partial charge in [-0.3, -0.25) is 0 Å². The van der Waals surface area contributed by atoms with Crippen molar-refractivity contribution in [3.8, 4) is 10.9 Å². The van der Waals surface area contributed by atoms with Crippen LogP contribution in [0.2, 0.25) is 0 Å². The largest absolute Gasteiger partial charge is 0.427 e. The predicted octanol–water partition coefficient (Wildman–Crippen LogP) is 2.81. The van der Waals surface area contributed by atoms with Crippen LogP contribution in [0, 0.1) is 5.82 Å². The molecular formula is C8H5BrFN3OS. The quantitative estimate of drug-likeness (QED) is 0.864. The minimum absolute atomic E-state index is 0.229. The molecule has 0 saturated carbocycles. The third-order valence-electron chi connectivity index (χ3n) is 1.59. The third kappa shape index (κ3) is 2.24. The van der Waals surface area contributed by atoms with Gasteiger partial charge in [-0.2, -0.15) is 0 Å². The fraction of sp³-hybridized carbons (Fsp3) is 0. The van der Waals surface area contributed by atoms with Gasteiger partial charge in [0.1, 0.15) is 11.3 Å². The summed E-state index contributed by atoms with van der Waals surface area (Å²) in [5.74, 6) is -0.212. The fourth-order valence-corrected chi connectivity index (χ4v) is 1.71. The van der Waals surface area contributed by atoms with E-state index in [9.17, 15) is 4.39 Å². The number of nitrogen functional groups attached to an aromatic ring is 1. The lowest BCUT2D eigenvalue weighted by atomic mass is 10.3. The number of hydrogen-bond donors (Lipinski definition) is 1. The predicted molar refractivity (Wildman–Crippen MR) is 58.5 cm³/mol. The zero-order valence-corrected chi connectivity index (χ0v) is 9.68. The van der Waals surface area contributed by atoms with Gasteiger partial charge in [0.25, 0.3) is 5.19 Å². The van der Waals surface area contributed by atoms with Gasteiger partial charge in [0.2, 0.25) is 0 Å². The molecule has 7 heteroatoms. The second kappa shape index (κ2) is 4.11. The molecule has 0 atom stereocenters. The van der Waals surface area contributed by atoms with Crippen molar-refractivity contribution in [2.75, 3.05) is 5.73 Å². The lowest BCUT2D eigenvalue weighted by molar-refractivity contribution is 0.470. The van der Waals surface area contributed by atoms with E-state index in [1.54, 1.807) is 0 Å². The Balaban J connectivity index is 2.33. The van der Waals surface area contributed by atoms with Crippen molar-refractivity contribution in [2.24, 2.45) is 0 Å². The summed E-state index contributed by atoms with van der Waals surface area (Å²) >= 11 is 4.22. The Morgan fingerprint density at radius 2 is 2.27 bits per heavy atom. The first kappa shape index (κ1) is 10.3. The van der Waals surface area contributed by atoms with Gasteiger partial charge in [0.15, 0.2) is 5.75 Å². The molecule has 0 fully saturated rings. The molecule has 2 N–H and O–H groups in total. The van der Waals surface area contributed by atoms with Crippen LogP contribution < -0.4 is 10.5 Å². The maximum atomic E-state index is 13.2. The number of nitrogens with two attached hydrogens (primary N) is 1. The van der Waals surface area contributed by atoms with Gasteiger partial charge >= 0.3 is 0 Å². The molecule has 0 saturated heterocycles. The summed E-state index contributed by atoms with van der Waals surface area (Å²) in [7, 11) is 0. The van der Waals surface area contributed by atoms with Crippen molar-refractivity contribution in [3.63, 3.8) is 0 Å². The van der Waals surface area contributed by atoms with Gasteiger partial charge < -0.3 is 10.5 Å². The Hall–Kier alpha value is -1.21. The van der Waals surface area contributed by atoms with Gasteiger partial charge in [-0.1, -0.05) is 16.4 Å². The first-order chi connectivity index (χ1) is 7.16. The Bertz CT molecular complexity index is 477. The maximum Gasteiger partial charge on any atom is 0.299 e. The molecule has 0 aliphatic heterocycles. The minimum atomic E-state index is -0.441. The van der Waals surface area contributed by atoms with Gasteiger partial charge in [-0.15, -0.1) is 5.10 Å². The number of halogens is 2. The van der Waals surface area contributed by atoms with Crippen LogP contribution in [0.3, 0.4) is 0 Å². The summed E-state index contributed by atoms with van der Waals surface area (Å²) in [4.78, 5) is 0. The van der Waals surface area contributed by atoms with Crippen LogP contribution in [0.4, 0.5) is 10.1 Å². The summed E-state index contributed by atoms with van der Waals surface area (Å²) in [5.41, 5.74) is 7.49. The Morgan fingerprint density at radius 3 is 2.93 bits per heavy atom. The van der Waals surface area contributed by atoms with Crippen molar-refractivity contribution < 1.29 is 9.13 Å². The van der Waals surface area contributed by atoms with Crippen LogP contribution >= 0.6 is 27.3 Å². The highest BCUT2D eigenvalue weighted by atomic mass is 79.9. The topological polar surface area (TPSA) is 61.0 Å². The fourth-order valence-electron chi connectivity index (χ4n) is 0.934. The molecule has 1 aromatic carbocycles. The summed E-state index contributed by atoms with van der Waals surface area (Å²) in [6.07, 6.45) is 0. The van der Waals surface area contributed by atoms with Crippen molar-refractivity contribution in [2.45, 2.75) is 0 Å². The normalized spacial score (nSPS) is 10.3. The van der Waals surface area contributed by atoms with Gasteiger partial charge in [0, 0.05) is 6.07 Å². The van der Waals surface area contributed by atoms with E-state index >= 15 is 0 Å². The molecule has 0 aliphatic rings. The number of benzene rings is 1. The minimum Gasteiger partial charge on any atom is -0.427 e. The lowest BCUT2D eigenvalue weighted by Gasteiger charge is -2.05. The zero-order chi connectivity index (χ0) is 10.8. The van der Waals surface area contributed by atoms with E-state index in [1.165, 1.54) is 29.0 Å². The van der Waals surface area contributed by atoms with Crippen LogP contribution in [0.15, 0.2) is 22.1 Å². The molecule has 0 radical (unpaired) electrons. The van der Waals surface area contributed by atoms with Gasteiger partial charge in [-0.05, 0) is 22.0 Å². The summed E-state index contributed by atoms with van der Waals surface area (Å²) in [6.45, 7) is 0. The zero-order valence-electron chi connectivity index (χ0n) is 7.28. The average molecular weight is 290 g/mol. The van der Waals surface area contributed by atoms with E-state index in [0.717, 1.165) is 0 Å². The highest BCUT2D eigenvalue weighted by Gasteiger charge is 2.09. The first-order valence-electron chi connectivity index (χ1n) is 3.85. The highest BCUT2D eigenvalue weighted by molar-refractivity contribution is 9.10. The summed E-state index contributed by atoms with van der Waals surface area (Å²) in [6, 6.07) is 2.63. The van der Waals surface area contributed by atoms with E-state index in [4.69, 9.17) is 10.5 Å². The third-order valence-corrected chi connectivity index (χ3v) is 2.76. The molecule has 0 spiro atoms. The molecule has 1 aromatic heterocycles. The Kier molecular flexibility index (Phi) is 2.83. The molecule has 2 rings (SSSR count). The summed E-state index contributed by atoms with van der Waals surface area (Å²) in [5, 5.41) is 7.57. The first-order valence-corrected chi connectivity index (χ1v) is 5.52. The number of aromatic nitrogens is 2. The second-order valence-electron chi connectivity index (χ2n) is 2.61. The van der Waals surface area contributed by atoms with Gasteiger partial charge in [-0.25, -0.2) is 4.39 Å². The van der Waals surface area contributed by atoms with Crippen LogP contribution in [-0.2, 0) is 0 Å². The number of nitrogens with zero attached hydrogens (tertiary/aromatic N) is 2.